The van der Waals surface area contributed by atoms with E-state index in [1.54, 1.807) is 29.4 Å². The number of rotatable bonds is 5. The zero-order chi connectivity index (χ0) is 15.3. The molecule has 0 radical (unpaired) electrons. The molecule has 0 aromatic carbocycles. The van der Waals surface area contributed by atoms with Crippen LogP contribution in [-0.4, -0.2) is 54.4 Å². The van der Waals surface area contributed by atoms with Gasteiger partial charge in [-0.1, -0.05) is 0 Å². The number of hydrogen-bond donors (Lipinski definition) is 0. The van der Waals surface area contributed by atoms with Gasteiger partial charge in [0.15, 0.2) is 0 Å². The number of pyridine rings is 1. The molecule has 1 aliphatic heterocycles. The lowest BCUT2D eigenvalue weighted by molar-refractivity contribution is -0.132. The molecule has 0 aliphatic carbocycles. The number of carbonyl (C=O) groups excluding carboxylic acids is 1. The van der Waals surface area contributed by atoms with Crippen molar-refractivity contribution in [2.75, 3.05) is 25.9 Å². The van der Waals surface area contributed by atoms with Gasteiger partial charge < -0.3 is 4.90 Å². The minimum Gasteiger partial charge on any atom is -0.342 e. The zero-order valence-electron chi connectivity index (χ0n) is 12.2. The highest BCUT2D eigenvalue weighted by atomic mass is 32.2. The van der Waals surface area contributed by atoms with Gasteiger partial charge in [-0.15, -0.1) is 0 Å². The summed E-state index contributed by atoms with van der Waals surface area (Å²) >= 11 is 0. The molecule has 1 fully saturated rings. The Kier molecular flexibility index (Phi) is 5.30. The fraction of sp³-hybridized carbons (Fsp3) is 0.571. The number of likely N-dealkylation sites (tertiary alicyclic amines) is 1. The number of nitrogens with zero attached hydrogens (tertiary/aromatic N) is 3. The van der Waals surface area contributed by atoms with Crippen molar-refractivity contribution in [2.45, 2.75) is 25.8 Å². The van der Waals surface area contributed by atoms with E-state index in [0.717, 1.165) is 44.2 Å². The van der Waals surface area contributed by atoms with Crippen LogP contribution in [0, 0.1) is 0 Å². The smallest absolute Gasteiger partial charge is 0.237 e. The van der Waals surface area contributed by atoms with Crippen molar-refractivity contribution in [3.05, 3.63) is 30.1 Å². The standard InChI is InChI=1S/C14H21N3O3S/c1-21(19,20)17(11-13-5-7-15-8-6-13)12-14(18)16-9-3-2-4-10-16/h5-8H,2-4,9-12H2,1H3. The first-order chi connectivity index (χ1) is 9.97. The lowest BCUT2D eigenvalue weighted by atomic mass is 10.1. The Morgan fingerprint density at radius 3 is 2.43 bits per heavy atom. The van der Waals surface area contributed by atoms with Crippen molar-refractivity contribution in [1.82, 2.24) is 14.2 Å². The third-order valence-electron chi connectivity index (χ3n) is 3.60. The number of piperidine rings is 1. The van der Waals surface area contributed by atoms with Crippen LogP contribution in [0.15, 0.2) is 24.5 Å². The lowest BCUT2D eigenvalue weighted by Crippen LogP contribution is -2.44. The molecular weight excluding hydrogens is 290 g/mol. The highest BCUT2D eigenvalue weighted by Gasteiger charge is 2.24. The number of aromatic nitrogens is 1. The van der Waals surface area contributed by atoms with Gasteiger partial charge in [-0.25, -0.2) is 8.42 Å². The molecule has 0 atom stereocenters. The van der Waals surface area contributed by atoms with Gasteiger partial charge in [0.25, 0.3) is 0 Å². The Labute approximate surface area is 125 Å². The SMILES string of the molecule is CS(=O)(=O)N(CC(=O)N1CCCCC1)Cc1ccncc1. The fourth-order valence-corrected chi connectivity index (χ4v) is 3.10. The average molecular weight is 311 g/mol. The molecule has 0 saturated carbocycles. The molecule has 21 heavy (non-hydrogen) atoms. The summed E-state index contributed by atoms with van der Waals surface area (Å²) in [6, 6.07) is 3.51. The summed E-state index contributed by atoms with van der Waals surface area (Å²) in [4.78, 5) is 17.9. The van der Waals surface area contributed by atoms with Gasteiger partial charge in [-0.2, -0.15) is 4.31 Å². The minimum atomic E-state index is -3.43. The van der Waals surface area contributed by atoms with Crippen LogP contribution in [0.2, 0.25) is 0 Å². The van der Waals surface area contributed by atoms with Gasteiger partial charge in [-0.3, -0.25) is 9.78 Å². The summed E-state index contributed by atoms with van der Waals surface area (Å²) < 4.78 is 25.0. The van der Waals surface area contributed by atoms with E-state index in [1.807, 2.05) is 0 Å². The van der Waals surface area contributed by atoms with E-state index in [0.29, 0.717) is 0 Å². The van der Waals surface area contributed by atoms with Crippen LogP contribution in [0.5, 0.6) is 0 Å². The Morgan fingerprint density at radius 1 is 1.24 bits per heavy atom. The molecule has 2 heterocycles. The van der Waals surface area contributed by atoms with Crippen molar-refractivity contribution in [3.8, 4) is 0 Å². The van der Waals surface area contributed by atoms with Crippen LogP contribution in [0.4, 0.5) is 0 Å². The summed E-state index contributed by atoms with van der Waals surface area (Å²) in [6.07, 6.45) is 7.49. The first-order valence-corrected chi connectivity index (χ1v) is 8.93. The van der Waals surface area contributed by atoms with Gasteiger partial charge in [0.2, 0.25) is 15.9 Å². The normalized spacial score (nSPS) is 16.2. The molecule has 2 rings (SSSR count). The molecule has 1 saturated heterocycles. The van der Waals surface area contributed by atoms with E-state index in [4.69, 9.17) is 0 Å². The van der Waals surface area contributed by atoms with Crippen LogP contribution >= 0.6 is 0 Å². The van der Waals surface area contributed by atoms with Crippen molar-refractivity contribution in [1.29, 1.82) is 0 Å². The van der Waals surface area contributed by atoms with Gasteiger partial charge in [0.1, 0.15) is 0 Å². The second kappa shape index (κ2) is 7.00. The van der Waals surface area contributed by atoms with E-state index in [9.17, 15) is 13.2 Å². The molecule has 1 amide bonds. The van der Waals surface area contributed by atoms with Gasteiger partial charge in [-0.05, 0) is 37.0 Å². The molecule has 0 bridgehead atoms. The largest absolute Gasteiger partial charge is 0.342 e. The third kappa shape index (κ3) is 4.78. The van der Waals surface area contributed by atoms with Crippen LogP contribution in [-0.2, 0) is 21.4 Å². The fourth-order valence-electron chi connectivity index (χ4n) is 2.38. The average Bonchev–Trinajstić information content (AvgIpc) is 2.47. The van der Waals surface area contributed by atoms with Gasteiger partial charge in [0.05, 0.1) is 12.8 Å². The summed E-state index contributed by atoms with van der Waals surface area (Å²) in [5, 5.41) is 0. The van der Waals surface area contributed by atoms with Crippen molar-refractivity contribution in [3.63, 3.8) is 0 Å². The van der Waals surface area contributed by atoms with Crippen LogP contribution in [0.25, 0.3) is 0 Å². The molecule has 7 heteroatoms. The van der Waals surface area contributed by atoms with Crippen molar-refractivity contribution < 1.29 is 13.2 Å². The highest BCUT2D eigenvalue weighted by molar-refractivity contribution is 7.88. The first-order valence-electron chi connectivity index (χ1n) is 7.08. The van der Waals surface area contributed by atoms with Crippen LogP contribution in [0.1, 0.15) is 24.8 Å². The van der Waals surface area contributed by atoms with E-state index in [1.165, 1.54) is 4.31 Å². The van der Waals surface area contributed by atoms with E-state index >= 15 is 0 Å². The number of hydrogen-bond acceptors (Lipinski definition) is 4. The first kappa shape index (κ1) is 15.9. The number of carbonyl (C=O) groups is 1. The summed E-state index contributed by atoms with van der Waals surface area (Å²) in [6.45, 7) is 1.56. The molecule has 0 spiro atoms. The molecule has 1 aromatic heterocycles. The Bertz CT molecular complexity index is 568. The Balaban J connectivity index is 2.04. The molecule has 0 N–H and O–H groups in total. The second-order valence-electron chi connectivity index (χ2n) is 5.33. The number of amides is 1. The lowest BCUT2D eigenvalue weighted by Gasteiger charge is -2.29. The molecule has 6 nitrogen and oxygen atoms in total. The predicted molar refractivity (Wildman–Crippen MR) is 79.9 cm³/mol. The van der Waals surface area contributed by atoms with Gasteiger partial charge >= 0.3 is 0 Å². The maximum atomic E-state index is 12.3. The molecular formula is C14H21N3O3S. The van der Waals surface area contributed by atoms with Gasteiger partial charge in [0, 0.05) is 32.0 Å². The molecule has 0 unspecified atom stereocenters. The molecule has 1 aliphatic rings. The Hall–Kier alpha value is -1.47. The van der Waals surface area contributed by atoms with E-state index in [-0.39, 0.29) is 19.0 Å². The van der Waals surface area contributed by atoms with Crippen molar-refractivity contribution >= 4 is 15.9 Å². The predicted octanol–water partition coefficient (Wildman–Crippen LogP) is 0.856. The quantitative estimate of drug-likeness (QED) is 0.808. The van der Waals surface area contributed by atoms with Crippen molar-refractivity contribution in [2.24, 2.45) is 0 Å². The highest BCUT2D eigenvalue weighted by Crippen LogP contribution is 2.12. The summed E-state index contributed by atoms with van der Waals surface area (Å²) in [5.41, 5.74) is 0.821. The summed E-state index contributed by atoms with van der Waals surface area (Å²) in [5.74, 6) is -0.116. The molecule has 1 aromatic rings. The third-order valence-corrected chi connectivity index (χ3v) is 4.79. The topological polar surface area (TPSA) is 70.6 Å². The van der Waals surface area contributed by atoms with E-state index < -0.39 is 10.0 Å². The van der Waals surface area contributed by atoms with Crippen LogP contribution < -0.4 is 0 Å². The number of sulfonamides is 1. The van der Waals surface area contributed by atoms with E-state index in [2.05, 4.69) is 4.98 Å². The monoisotopic (exact) mass is 311 g/mol. The zero-order valence-corrected chi connectivity index (χ0v) is 13.1. The summed E-state index contributed by atoms with van der Waals surface area (Å²) in [7, 11) is -3.43. The maximum absolute atomic E-state index is 12.3. The Morgan fingerprint density at radius 2 is 1.86 bits per heavy atom. The second-order valence-corrected chi connectivity index (χ2v) is 7.31. The maximum Gasteiger partial charge on any atom is 0.237 e. The minimum absolute atomic E-state index is 0.0961. The molecule has 116 valence electrons. The van der Waals surface area contributed by atoms with Crippen LogP contribution in [0.3, 0.4) is 0 Å².